The highest BCUT2D eigenvalue weighted by Crippen LogP contribution is 2.19. The van der Waals surface area contributed by atoms with Gasteiger partial charge in [0.1, 0.15) is 11.7 Å². The monoisotopic (exact) mass is 291 g/mol. The zero-order valence-electron chi connectivity index (χ0n) is 11.6. The van der Waals surface area contributed by atoms with E-state index in [1.807, 2.05) is 6.07 Å². The van der Waals surface area contributed by atoms with E-state index in [9.17, 15) is 0 Å². The number of pyridine rings is 1. The number of aromatic nitrogens is 3. The molecular formula is C15H13N7. The van der Waals surface area contributed by atoms with Gasteiger partial charge in [-0.15, -0.1) is 0 Å². The molecule has 3 rings (SSSR count). The van der Waals surface area contributed by atoms with Crippen molar-refractivity contribution in [3.63, 3.8) is 0 Å². The highest BCUT2D eigenvalue weighted by atomic mass is 15.0. The number of hydrogen-bond acceptors (Lipinski definition) is 6. The molecule has 108 valence electrons. The Kier molecular flexibility index (Phi) is 3.69. The van der Waals surface area contributed by atoms with Crippen molar-refractivity contribution < 1.29 is 0 Å². The Morgan fingerprint density at radius 2 is 2.05 bits per heavy atom. The van der Waals surface area contributed by atoms with Crippen molar-refractivity contribution in [3.8, 4) is 0 Å². The van der Waals surface area contributed by atoms with Crippen molar-refractivity contribution in [2.24, 2.45) is 10.7 Å². The van der Waals surface area contributed by atoms with Gasteiger partial charge in [-0.05, 0) is 12.1 Å². The maximum absolute atomic E-state index is 7.76. The van der Waals surface area contributed by atoms with Crippen LogP contribution in [0.4, 0.5) is 0 Å². The first-order valence-electron chi connectivity index (χ1n) is 6.53. The lowest BCUT2D eigenvalue weighted by Gasteiger charge is -2.14. The van der Waals surface area contributed by atoms with Crippen LogP contribution in [0.5, 0.6) is 0 Å². The van der Waals surface area contributed by atoms with Gasteiger partial charge in [0.05, 0.1) is 23.2 Å². The summed E-state index contributed by atoms with van der Waals surface area (Å²) in [7, 11) is 0. The Morgan fingerprint density at radius 3 is 2.64 bits per heavy atom. The number of nitrogens with two attached hydrogens (primary N) is 1. The molecule has 0 saturated heterocycles. The number of allylic oxidation sites excluding steroid dienone is 1. The predicted molar refractivity (Wildman–Crippen MR) is 84.7 cm³/mol. The molecule has 0 bridgehead atoms. The highest BCUT2D eigenvalue weighted by Gasteiger charge is 2.15. The third-order valence-corrected chi connectivity index (χ3v) is 2.98. The largest absolute Gasteiger partial charge is 0.384 e. The zero-order valence-corrected chi connectivity index (χ0v) is 11.6. The predicted octanol–water partition coefficient (Wildman–Crippen LogP) is 1.19. The second-order valence-electron chi connectivity index (χ2n) is 4.45. The van der Waals surface area contributed by atoms with Crippen LogP contribution in [-0.4, -0.2) is 27.0 Å². The molecule has 3 heterocycles. The molecule has 1 aliphatic heterocycles. The molecule has 0 atom stereocenters. The minimum absolute atomic E-state index is 0.102. The average Bonchev–Trinajstić information content (AvgIpc) is 2.57. The molecule has 7 heteroatoms. The van der Waals surface area contributed by atoms with E-state index in [1.165, 1.54) is 0 Å². The maximum Gasteiger partial charge on any atom is 0.143 e. The van der Waals surface area contributed by atoms with E-state index in [1.54, 1.807) is 49.3 Å². The van der Waals surface area contributed by atoms with Crippen LogP contribution >= 0.6 is 0 Å². The Morgan fingerprint density at radius 1 is 1.14 bits per heavy atom. The number of hydrogen-bond donors (Lipinski definition) is 3. The Hall–Kier alpha value is -3.35. The van der Waals surface area contributed by atoms with Gasteiger partial charge in [-0.2, -0.15) is 0 Å². The molecule has 0 unspecified atom stereocenters. The molecule has 0 radical (unpaired) electrons. The van der Waals surface area contributed by atoms with Crippen molar-refractivity contribution in [1.29, 1.82) is 5.41 Å². The summed E-state index contributed by atoms with van der Waals surface area (Å²) in [5.41, 5.74) is 8.21. The summed E-state index contributed by atoms with van der Waals surface area (Å²) in [6.45, 7) is 0. The first kappa shape index (κ1) is 13.6. The third-order valence-electron chi connectivity index (χ3n) is 2.98. The van der Waals surface area contributed by atoms with E-state index in [0.717, 1.165) is 5.57 Å². The van der Waals surface area contributed by atoms with Gasteiger partial charge < -0.3 is 11.1 Å². The molecule has 0 amide bonds. The van der Waals surface area contributed by atoms with Crippen molar-refractivity contribution >= 4 is 23.2 Å². The van der Waals surface area contributed by atoms with Crippen LogP contribution < -0.4 is 11.1 Å². The van der Waals surface area contributed by atoms with Crippen LogP contribution in [0.25, 0.3) is 11.1 Å². The van der Waals surface area contributed by atoms with Crippen molar-refractivity contribution in [3.05, 3.63) is 66.4 Å². The van der Waals surface area contributed by atoms with Crippen molar-refractivity contribution in [2.45, 2.75) is 0 Å². The number of aliphatic imine (C=N–C) groups is 1. The second kappa shape index (κ2) is 5.96. The van der Waals surface area contributed by atoms with Gasteiger partial charge in [-0.3, -0.25) is 20.4 Å². The molecule has 4 N–H and O–H groups in total. The van der Waals surface area contributed by atoms with Crippen LogP contribution in [0.2, 0.25) is 0 Å². The lowest BCUT2D eigenvalue weighted by atomic mass is 10.1. The van der Waals surface area contributed by atoms with Crippen molar-refractivity contribution in [2.75, 3.05) is 0 Å². The normalized spacial score (nSPS) is 15.7. The van der Waals surface area contributed by atoms with E-state index < -0.39 is 0 Å². The van der Waals surface area contributed by atoms with Gasteiger partial charge in [-0.25, -0.2) is 4.99 Å². The first-order chi connectivity index (χ1) is 10.8. The number of rotatable bonds is 3. The van der Waals surface area contributed by atoms with E-state index in [4.69, 9.17) is 11.1 Å². The quantitative estimate of drug-likeness (QED) is 0.580. The summed E-state index contributed by atoms with van der Waals surface area (Å²) >= 11 is 0. The second-order valence-corrected chi connectivity index (χ2v) is 4.45. The minimum Gasteiger partial charge on any atom is -0.384 e. The molecule has 0 aliphatic carbocycles. The van der Waals surface area contributed by atoms with Gasteiger partial charge in [0, 0.05) is 36.6 Å². The summed E-state index contributed by atoms with van der Waals surface area (Å²) in [5, 5.41) is 10.8. The zero-order chi connectivity index (χ0) is 15.4. The van der Waals surface area contributed by atoms with E-state index in [-0.39, 0.29) is 5.84 Å². The van der Waals surface area contributed by atoms with Crippen LogP contribution in [-0.2, 0) is 0 Å². The van der Waals surface area contributed by atoms with E-state index >= 15 is 0 Å². The maximum atomic E-state index is 7.76. The van der Waals surface area contributed by atoms with Gasteiger partial charge in [-0.1, -0.05) is 6.07 Å². The summed E-state index contributed by atoms with van der Waals surface area (Å²) in [6.07, 6.45) is 9.92. The third kappa shape index (κ3) is 2.73. The van der Waals surface area contributed by atoms with Gasteiger partial charge in [0.2, 0.25) is 0 Å². The lowest BCUT2D eigenvalue weighted by molar-refractivity contribution is 1.02. The molecule has 0 spiro atoms. The number of nitrogens with zero attached hydrogens (tertiary/aromatic N) is 4. The smallest absolute Gasteiger partial charge is 0.143 e. The molecule has 0 fully saturated rings. The van der Waals surface area contributed by atoms with Gasteiger partial charge in [0.25, 0.3) is 0 Å². The molecule has 0 aromatic carbocycles. The number of amidine groups is 1. The molecule has 2 aromatic heterocycles. The van der Waals surface area contributed by atoms with E-state index in [2.05, 4.69) is 25.3 Å². The molecule has 22 heavy (non-hydrogen) atoms. The van der Waals surface area contributed by atoms with Crippen LogP contribution in [0.15, 0.2) is 60.0 Å². The summed E-state index contributed by atoms with van der Waals surface area (Å²) in [6, 6.07) is 5.41. The highest BCUT2D eigenvalue weighted by molar-refractivity contribution is 6.21. The van der Waals surface area contributed by atoms with Crippen LogP contribution in [0.1, 0.15) is 11.4 Å². The molecular weight excluding hydrogens is 278 g/mol. The standard InChI is InChI=1S/C15H13N7/c16-14(17)13(11-3-1-2-4-19-11)15-21-7-10(8-22-15)12-9-18-5-6-20-12/h1-9,21H,(H3,16,17)/b15-13+. The lowest BCUT2D eigenvalue weighted by Crippen LogP contribution is -2.20. The van der Waals surface area contributed by atoms with Gasteiger partial charge >= 0.3 is 0 Å². The fourth-order valence-electron chi connectivity index (χ4n) is 1.98. The average molecular weight is 291 g/mol. The molecule has 1 aliphatic rings. The Bertz CT molecular complexity index is 776. The Labute approximate surface area is 126 Å². The van der Waals surface area contributed by atoms with E-state index in [0.29, 0.717) is 22.8 Å². The molecule has 7 nitrogen and oxygen atoms in total. The minimum atomic E-state index is -0.102. The van der Waals surface area contributed by atoms with Crippen molar-refractivity contribution in [1.82, 2.24) is 20.3 Å². The molecule has 0 saturated carbocycles. The Balaban J connectivity index is 1.95. The summed E-state index contributed by atoms with van der Waals surface area (Å²) < 4.78 is 0. The summed E-state index contributed by atoms with van der Waals surface area (Å²) in [5.74, 6) is 0.369. The topological polar surface area (TPSA) is 113 Å². The fourth-order valence-corrected chi connectivity index (χ4v) is 1.98. The SMILES string of the molecule is N=C(N)/C(=C1/N=CC(c2cnccn2)=CN1)c1ccccn1. The van der Waals surface area contributed by atoms with Crippen LogP contribution in [0.3, 0.4) is 0 Å². The first-order valence-corrected chi connectivity index (χ1v) is 6.53. The summed E-state index contributed by atoms with van der Waals surface area (Å²) in [4.78, 5) is 16.8. The fraction of sp³-hybridized carbons (Fsp3) is 0. The van der Waals surface area contributed by atoms with Gasteiger partial charge in [0.15, 0.2) is 0 Å². The molecule has 2 aromatic rings. The number of nitrogens with one attached hydrogen (secondary N) is 2. The van der Waals surface area contributed by atoms with Crippen LogP contribution in [0, 0.1) is 5.41 Å².